The minimum absolute atomic E-state index is 0.319. The fourth-order valence-corrected chi connectivity index (χ4v) is 0.790. The maximum absolute atomic E-state index is 9.22. The van der Waals surface area contributed by atoms with Gasteiger partial charge in [-0.3, -0.25) is 10.6 Å². The molecule has 0 radical (unpaired) electrons. The number of rotatable bonds is 6. The monoisotopic (exact) mass is 160 g/mol. The van der Waals surface area contributed by atoms with E-state index in [4.69, 9.17) is 0 Å². The number of aliphatic hydroxyl groups is 1. The quantitative estimate of drug-likeness (QED) is 0.395. The molecule has 0 heterocycles. The SMILES string of the molecule is CCCCNC(O)NC(C)C. The zero-order valence-corrected chi connectivity index (χ0v) is 7.72. The molecule has 68 valence electrons. The molecule has 0 spiro atoms. The Bertz CT molecular complexity index is 86.2. The summed E-state index contributed by atoms with van der Waals surface area (Å²) in [7, 11) is 0. The molecule has 0 saturated heterocycles. The lowest BCUT2D eigenvalue weighted by Crippen LogP contribution is -2.45. The van der Waals surface area contributed by atoms with Gasteiger partial charge in [-0.05, 0) is 26.8 Å². The predicted molar refractivity (Wildman–Crippen MR) is 47.2 cm³/mol. The molecule has 3 N–H and O–H groups in total. The number of hydrogen-bond acceptors (Lipinski definition) is 3. The summed E-state index contributed by atoms with van der Waals surface area (Å²) in [5.74, 6) is 0. The standard InChI is InChI=1S/C8H20N2O/c1-4-5-6-9-8(11)10-7(2)3/h7-11H,4-6H2,1-3H3. The van der Waals surface area contributed by atoms with Crippen molar-refractivity contribution in [2.75, 3.05) is 6.54 Å². The van der Waals surface area contributed by atoms with E-state index >= 15 is 0 Å². The Kier molecular flexibility index (Phi) is 6.51. The Hall–Kier alpha value is -0.120. The van der Waals surface area contributed by atoms with E-state index in [1.807, 2.05) is 13.8 Å². The van der Waals surface area contributed by atoms with Crippen molar-refractivity contribution in [2.45, 2.75) is 46.0 Å². The third-order valence-corrected chi connectivity index (χ3v) is 1.36. The Morgan fingerprint density at radius 3 is 2.45 bits per heavy atom. The number of unbranched alkanes of at least 4 members (excludes halogenated alkanes) is 1. The van der Waals surface area contributed by atoms with Crippen molar-refractivity contribution in [1.29, 1.82) is 0 Å². The zero-order chi connectivity index (χ0) is 8.69. The molecule has 0 aromatic rings. The van der Waals surface area contributed by atoms with Crippen LogP contribution in [0.1, 0.15) is 33.6 Å². The van der Waals surface area contributed by atoms with Gasteiger partial charge in [0.15, 0.2) is 6.35 Å². The molecule has 3 nitrogen and oxygen atoms in total. The van der Waals surface area contributed by atoms with Crippen LogP contribution in [-0.4, -0.2) is 24.0 Å². The van der Waals surface area contributed by atoms with E-state index in [1.165, 1.54) is 0 Å². The molecule has 0 amide bonds. The fraction of sp³-hybridized carbons (Fsp3) is 1.00. The highest BCUT2D eigenvalue weighted by Gasteiger charge is 2.01. The van der Waals surface area contributed by atoms with Crippen LogP contribution < -0.4 is 10.6 Å². The molecule has 0 bridgehead atoms. The smallest absolute Gasteiger partial charge is 0.160 e. The van der Waals surface area contributed by atoms with E-state index < -0.39 is 6.35 Å². The molecule has 0 aliphatic rings. The second-order valence-electron chi connectivity index (χ2n) is 3.03. The van der Waals surface area contributed by atoms with Crippen LogP contribution in [0.5, 0.6) is 0 Å². The Morgan fingerprint density at radius 1 is 1.36 bits per heavy atom. The summed E-state index contributed by atoms with van der Waals surface area (Å²) < 4.78 is 0. The van der Waals surface area contributed by atoms with Crippen molar-refractivity contribution < 1.29 is 5.11 Å². The van der Waals surface area contributed by atoms with Gasteiger partial charge >= 0.3 is 0 Å². The highest BCUT2D eigenvalue weighted by atomic mass is 16.3. The van der Waals surface area contributed by atoms with Gasteiger partial charge in [0.05, 0.1) is 0 Å². The van der Waals surface area contributed by atoms with E-state index in [-0.39, 0.29) is 0 Å². The van der Waals surface area contributed by atoms with Crippen molar-refractivity contribution in [2.24, 2.45) is 0 Å². The maximum Gasteiger partial charge on any atom is 0.160 e. The number of aliphatic hydroxyl groups excluding tert-OH is 1. The van der Waals surface area contributed by atoms with E-state index in [2.05, 4.69) is 17.6 Å². The summed E-state index contributed by atoms with van der Waals surface area (Å²) in [4.78, 5) is 0. The third kappa shape index (κ3) is 7.78. The molecule has 0 aliphatic carbocycles. The number of hydrogen-bond donors (Lipinski definition) is 3. The van der Waals surface area contributed by atoms with Gasteiger partial charge in [-0.1, -0.05) is 13.3 Å². The first-order chi connectivity index (χ1) is 5.16. The molecule has 0 fully saturated rings. The van der Waals surface area contributed by atoms with Crippen LogP contribution in [0.3, 0.4) is 0 Å². The second-order valence-corrected chi connectivity index (χ2v) is 3.03. The van der Waals surface area contributed by atoms with Crippen LogP contribution in [0.15, 0.2) is 0 Å². The molecule has 0 aliphatic heterocycles. The minimum atomic E-state index is -0.554. The van der Waals surface area contributed by atoms with Crippen LogP contribution in [0, 0.1) is 0 Å². The van der Waals surface area contributed by atoms with Crippen LogP contribution in [0.25, 0.3) is 0 Å². The predicted octanol–water partition coefficient (Wildman–Crippen LogP) is 0.650. The Labute approximate surface area is 69.2 Å². The third-order valence-electron chi connectivity index (χ3n) is 1.36. The largest absolute Gasteiger partial charge is 0.365 e. The summed E-state index contributed by atoms with van der Waals surface area (Å²) in [6.07, 6.45) is 1.71. The molecule has 3 heteroatoms. The van der Waals surface area contributed by atoms with Gasteiger partial charge in [-0.2, -0.15) is 0 Å². The van der Waals surface area contributed by atoms with Crippen LogP contribution >= 0.6 is 0 Å². The fourth-order valence-electron chi connectivity index (χ4n) is 0.790. The normalized spacial score (nSPS) is 13.9. The van der Waals surface area contributed by atoms with E-state index in [1.54, 1.807) is 0 Å². The molecular formula is C8H20N2O. The van der Waals surface area contributed by atoms with Gasteiger partial charge in [0.1, 0.15) is 0 Å². The molecular weight excluding hydrogens is 140 g/mol. The summed E-state index contributed by atoms with van der Waals surface area (Å²) in [5, 5.41) is 15.1. The lowest BCUT2D eigenvalue weighted by Gasteiger charge is -2.16. The maximum atomic E-state index is 9.22. The average Bonchev–Trinajstić information content (AvgIpc) is 1.86. The van der Waals surface area contributed by atoms with E-state index in [0.717, 1.165) is 19.4 Å². The van der Waals surface area contributed by atoms with Gasteiger partial charge < -0.3 is 5.11 Å². The highest BCUT2D eigenvalue weighted by molar-refractivity contribution is 4.55. The second kappa shape index (κ2) is 6.58. The molecule has 1 atom stereocenters. The lowest BCUT2D eigenvalue weighted by molar-refractivity contribution is 0.0927. The minimum Gasteiger partial charge on any atom is -0.365 e. The first-order valence-electron chi connectivity index (χ1n) is 4.34. The van der Waals surface area contributed by atoms with Crippen molar-refractivity contribution >= 4 is 0 Å². The lowest BCUT2D eigenvalue weighted by atomic mass is 10.3. The summed E-state index contributed by atoms with van der Waals surface area (Å²) in [6.45, 7) is 7.01. The van der Waals surface area contributed by atoms with Crippen LogP contribution in [-0.2, 0) is 0 Å². The summed E-state index contributed by atoms with van der Waals surface area (Å²) in [6, 6.07) is 0.319. The van der Waals surface area contributed by atoms with Crippen LogP contribution in [0.4, 0.5) is 0 Å². The van der Waals surface area contributed by atoms with Crippen molar-refractivity contribution in [3.05, 3.63) is 0 Å². The van der Waals surface area contributed by atoms with Gasteiger partial charge in [0.2, 0.25) is 0 Å². The molecule has 0 aromatic heterocycles. The van der Waals surface area contributed by atoms with Gasteiger partial charge in [0.25, 0.3) is 0 Å². The number of nitrogens with one attached hydrogen (secondary N) is 2. The first kappa shape index (κ1) is 10.9. The zero-order valence-electron chi connectivity index (χ0n) is 7.72. The molecule has 11 heavy (non-hydrogen) atoms. The first-order valence-corrected chi connectivity index (χ1v) is 4.34. The van der Waals surface area contributed by atoms with Crippen molar-refractivity contribution in [3.63, 3.8) is 0 Å². The Morgan fingerprint density at radius 2 is 2.00 bits per heavy atom. The Balaban J connectivity index is 3.15. The van der Waals surface area contributed by atoms with Gasteiger partial charge in [-0.15, -0.1) is 0 Å². The van der Waals surface area contributed by atoms with Gasteiger partial charge in [-0.25, -0.2) is 0 Å². The molecule has 0 rings (SSSR count). The highest BCUT2D eigenvalue weighted by Crippen LogP contribution is 1.84. The molecule has 1 unspecified atom stereocenters. The van der Waals surface area contributed by atoms with Crippen molar-refractivity contribution in [1.82, 2.24) is 10.6 Å². The molecule has 0 saturated carbocycles. The topological polar surface area (TPSA) is 44.3 Å². The van der Waals surface area contributed by atoms with E-state index in [0.29, 0.717) is 6.04 Å². The van der Waals surface area contributed by atoms with E-state index in [9.17, 15) is 5.11 Å². The molecule has 0 aromatic carbocycles. The average molecular weight is 160 g/mol. The van der Waals surface area contributed by atoms with Crippen LogP contribution in [0.2, 0.25) is 0 Å². The van der Waals surface area contributed by atoms with Gasteiger partial charge in [0, 0.05) is 6.04 Å². The summed E-state index contributed by atoms with van der Waals surface area (Å²) >= 11 is 0. The van der Waals surface area contributed by atoms with Crippen molar-refractivity contribution in [3.8, 4) is 0 Å². The summed E-state index contributed by atoms with van der Waals surface area (Å²) in [5.41, 5.74) is 0.